The van der Waals surface area contributed by atoms with Crippen molar-refractivity contribution in [2.24, 2.45) is 5.92 Å². The van der Waals surface area contributed by atoms with Gasteiger partial charge in [-0.3, -0.25) is 4.79 Å². The summed E-state index contributed by atoms with van der Waals surface area (Å²) in [6, 6.07) is 18.5. The van der Waals surface area contributed by atoms with Crippen molar-refractivity contribution >= 4 is 5.97 Å². The molecule has 0 unspecified atom stereocenters. The molecule has 1 aliphatic carbocycles. The Morgan fingerprint density at radius 1 is 1.10 bits per heavy atom. The predicted molar refractivity (Wildman–Crippen MR) is 78.8 cm³/mol. The molecule has 0 heterocycles. The lowest BCUT2D eigenvalue weighted by Gasteiger charge is -2.39. The fourth-order valence-electron chi connectivity index (χ4n) is 3.43. The number of benzene rings is 2. The molecule has 20 heavy (non-hydrogen) atoms. The predicted octanol–water partition coefficient (Wildman–Crippen LogP) is 3.64. The number of hydrogen-bond acceptors (Lipinski definition) is 1. The zero-order valence-corrected chi connectivity index (χ0v) is 11.5. The van der Waals surface area contributed by atoms with Crippen LogP contribution in [0.15, 0.2) is 54.6 Å². The van der Waals surface area contributed by atoms with Crippen molar-refractivity contribution < 1.29 is 9.90 Å². The van der Waals surface area contributed by atoms with E-state index in [9.17, 15) is 9.90 Å². The zero-order valence-electron chi connectivity index (χ0n) is 11.5. The highest BCUT2D eigenvalue weighted by atomic mass is 16.4. The van der Waals surface area contributed by atoms with Crippen molar-refractivity contribution in [3.05, 3.63) is 71.3 Å². The van der Waals surface area contributed by atoms with E-state index in [1.54, 1.807) is 0 Å². The lowest BCUT2D eigenvalue weighted by Crippen LogP contribution is -2.36. The van der Waals surface area contributed by atoms with Gasteiger partial charge >= 0.3 is 5.97 Å². The van der Waals surface area contributed by atoms with Crippen LogP contribution in [0.1, 0.15) is 30.0 Å². The van der Waals surface area contributed by atoms with E-state index in [2.05, 4.69) is 31.2 Å². The molecule has 1 aliphatic rings. The molecule has 0 aliphatic heterocycles. The van der Waals surface area contributed by atoms with Crippen LogP contribution < -0.4 is 0 Å². The molecule has 0 fully saturated rings. The highest BCUT2D eigenvalue weighted by molar-refractivity contribution is 5.72. The van der Waals surface area contributed by atoms with Crippen LogP contribution in [-0.2, 0) is 16.6 Å². The molecule has 1 N–H and O–H groups in total. The van der Waals surface area contributed by atoms with Gasteiger partial charge in [-0.1, -0.05) is 61.5 Å². The van der Waals surface area contributed by atoms with Gasteiger partial charge in [-0.25, -0.2) is 0 Å². The average Bonchev–Trinajstić information content (AvgIpc) is 2.48. The number of rotatable bonds is 2. The number of carboxylic acids is 1. The topological polar surface area (TPSA) is 37.3 Å². The average molecular weight is 266 g/mol. The molecule has 3 rings (SSSR count). The summed E-state index contributed by atoms with van der Waals surface area (Å²) >= 11 is 0. The van der Waals surface area contributed by atoms with E-state index >= 15 is 0 Å². The Morgan fingerprint density at radius 2 is 1.75 bits per heavy atom. The van der Waals surface area contributed by atoms with Gasteiger partial charge in [0.15, 0.2) is 0 Å². The summed E-state index contributed by atoms with van der Waals surface area (Å²) in [4.78, 5) is 11.5. The lowest BCUT2D eigenvalue weighted by molar-refractivity contribution is -0.142. The van der Waals surface area contributed by atoms with Gasteiger partial charge in [0.1, 0.15) is 0 Å². The van der Waals surface area contributed by atoms with E-state index in [0.29, 0.717) is 12.8 Å². The quantitative estimate of drug-likeness (QED) is 0.901. The number of hydrogen-bond donors (Lipinski definition) is 1. The van der Waals surface area contributed by atoms with Crippen LogP contribution in [0, 0.1) is 5.92 Å². The minimum absolute atomic E-state index is 0.223. The second kappa shape index (κ2) is 4.78. The zero-order chi connectivity index (χ0) is 14.2. The van der Waals surface area contributed by atoms with Gasteiger partial charge < -0.3 is 5.11 Å². The van der Waals surface area contributed by atoms with E-state index < -0.39 is 5.97 Å². The summed E-state index contributed by atoms with van der Waals surface area (Å²) in [7, 11) is 0. The molecule has 0 bridgehead atoms. The maximum atomic E-state index is 11.5. The molecule has 0 spiro atoms. The Morgan fingerprint density at radius 3 is 2.45 bits per heavy atom. The van der Waals surface area contributed by atoms with Gasteiger partial charge in [0, 0.05) is 5.41 Å². The molecule has 2 heteroatoms. The van der Waals surface area contributed by atoms with Gasteiger partial charge in [0.25, 0.3) is 0 Å². The fourth-order valence-corrected chi connectivity index (χ4v) is 3.43. The molecule has 2 aromatic carbocycles. The summed E-state index contributed by atoms with van der Waals surface area (Å²) in [5.41, 5.74) is 3.40. The first-order valence-corrected chi connectivity index (χ1v) is 6.98. The minimum Gasteiger partial charge on any atom is -0.481 e. The molecule has 0 aromatic heterocycles. The van der Waals surface area contributed by atoms with Crippen LogP contribution in [-0.4, -0.2) is 11.1 Å². The molecule has 2 atom stereocenters. The molecule has 0 saturated carbocycles. The number of fused-ring (bicyclic) bond motifs is 1. The van der Waals surface area contributed by atoms with Crippen LogP contribution in [0.5, 0.6) is 0 Å². The summed E-state index contributed by atoms with van der Waals surface area (Å²) in [6.45, 7) is 2.16. The Labute approximate surface area is 119 Å². The molecule has 0 saturated heterocycles. The summed E-state index contributed by atoms with van der Waals surface area (Å²) in [5.74, 6) is -1.00. The van der Waals surface area contributed by atoms with Gasteiger partial charge in [-0.2, -0.15) is 0 Å². The van der Waals surface area contributed by atoms with Crippen LogP contribution in [0.2, 0.25) is 0 Å². The van der Waals surface area contributed by atoms with E-state index in [-0.39, 0.29) is 11.3 Å². The van der Waals surface area contributed by atoms with Gasteiger partial charge in [0.2, 0.25) is 0 Å². The maximum Gasteiger partial charge on any atom is 0.306 e. The first-order valence-electron chi connectivity index (χ1n) is 6.98. The summed E-state index contributed by atoms with van der Waals surface area (Å²) in [6.07, 6.45) is 1.29. The van der Waals surface area contributed by atoms with Crippen molar-refractivity contribution in [2.45, 2.75) is 25.2 Å². The van der Waals surface area contributed by atoms with E-state index in [1.807, 2.05) is 30.3 Å². The monoisotopic (exact) mass is 266 g/mol. The molecular formula is C18H18O2. The third-order valence-electron chi connectivity index (χ3n) is 4.49. The van der Waals surface area contributed by atoms with Crippen molar-refractivity contribution in [3.8, 4) is 0 Å². The molecule has 0 radical (unpaired) electrons. The van der Waals surface area contributed by atoms with Crippen molar-refractivity contribution in [1.29, 1.82) is 0 Å². The second-order valence-corrected chi connectivity index (χ2v) is 5.80. The molecular weight excluding hydrogens is 248 g/mol. The molecule has 2 aromatic rings. The first kappa shape index (κ1) is 12.9. The number of aliphatic carboxylic acids is 1. The smallest absolute Gasteiger partial charge is 0.306 e. The number of carboxylic acid groups (broad SMARTS) is 1. The van der Waals surface area contributed by atoms with Gasteiger partial charge in [0.05, 0.1) is 5.92 Å². The Kier molecular flexibility index (Phi) is 3.09. The normalized spacial score (nSPS) is 24.9. The van der Waals surface area contributed by atoms with Crippen LogP contribution in [0.25, 0.3) is 0 Å². The summed E-state index contributed by atoms with van der Waals surface area (Å²) < 4.78 is 0. The first-order chi connectivity index (χ1) is 9.61. The van der Waals surface area contributed by atoms with E-state index in [0.717, 1.165) is 5.56 Å². The molecule has 102 valence electrons. The summed E-state index contributed by atoms with van der Waals surface area (Å²) in [5, 5.41) is 9.44. The Bertz CT molecular complexity index is 633. The highest BCUT2D eigenvalue weighted by Gasteiger charge is 2.40. The third kappa shape index (κ3) is 2.01. The standard InChI is InChI=1S/C18H18O2/c1-18(15-8-3-2-4-9-15)12-14(17(19)20)11-13-7-5-6-10-16(13)18/h2-10,14H,11-12H2,1H3,(H,19,20)/t14-,18-/m1/s1. The number of carbonyl (C=O) groups is 1. The lowest BCUT2D eigenvalue weighted by atomic mass is 9.64. The van der Waals surface area contributed by atoms with Crippen LogP contribution in [0.4, 0.5) is 0 Å². The Balaban J connectivity index is 2.16. The highest BCUT2D eigenvalue weighted by Crippen LogP contribution is 2.44. The SMILES string of the molecule is C[C@]1(c2ccccc2)C[C@H](C(=O)O)Cc2ccccc21. The van der Waals surface area contributed by atoms with E-state index in [4.69, 9.17) is 0 Å². The third-order valence-corrected chi connectivity index (χ3v) is 4.49. The molecule has 0 amide bonds. The van der Waals surface area contributed by atoms with Crippen molar-refractivity contribution in [1.82, 2.24) is 0 Å². The van der Waals surface area contributed by atoms with Crippen molar-refractivity contribution in [2.75, 3.05) is 0 Å². The second-order valence-electron chi connectivity index (χ2n) is 5.80. The van der Waals surface area contributed by atoms with Gasteiger partial charge in [-0.15, -0.1) is 0 Å². The largest absolute Gasteiger partial charge is 0.481 e. The maximum absolute atomic E-state index is 11.5. The van der Waals surface area contributed by atoms with Crippen molar-refractivity contribution in [3.63, 3.8) is 0 Å². The fraction of sp³-hybridized carbons (Fsp3) is 0.278. The van der Waals surface area contributed by atoms with Crippen LogP contribution >= 0.6 is 0 Å². The molecule has 2 nitrogen and oxygen atoms in total. The van der Waals surface area contributed by atoms with Gasteiger partial charge in [-0.05, 0) is 29.5 Å². The Hall–Kier alpha value is -2.09. The minimum atomic E-state index is -0.693. The van der Waals surface area contributed by atoms with Crippen LogP contribution in [0.3, 0.4) is 0 Å². The van der Waals surface area contributed by atoms with E-state index in [1.165, 1.54) is 11.1 Å².